The van der Waals surface area contributed by atoms with E-state index in [1.807, 2.05) is 57.5 Å². The highest BCUT2D eigenvalue weighted by atomic mass is 32.1. The highest BCUT2D eigenvalue weighted by Crippen LogP contribution is 2.28. The van der Waals surface area contributed by atoms with Crippen LogP contribution in [0, 0.1) is 12.3 Å². The van der Waals surface area contributed by atoms with Crippen LogP contribution in [-0.2, 0) is 20.9 Å². The minimum atomic E-state index is -0.799. The molecule has 1 aliphatic heterocycles. The second-order valence-corrected chi connectivity index (χ2v) is 14.4. The summed E-state index contributed by atoms with van der Waals surface area (Å²) in [4.78, 5) is 46.9. The predicted octanol–water partition coefficient (Wildman–Crippen LogP) is 5.48. The maximum atomic E-state index is 13.8. The number of hydrogen-bond donors (Lipinski definition) is 4. The van der Waals surface area contributed by atoms with Crippen LogP contribution in [0.25, 0.3) is 10.4 Å². The van der Waals surface area contributed by atoms with Crippen molar-refractivity contribution in [3.8, 4) is 10.4 Å². The van der Waals surface area contributed by atoms with Crippen molar-refractivity contribution < 1.29 is 19.5 Å². The fourth-order valence-corrected chi connectivity index (χ4v) is 6.67. The maximum absolute atomic E-state index is 13.8. The van der Waals surface area contributed by atoms with Crippen LogP contribution in [0.4, 0.5) is 0 Å². The summed E-state index contributed by atoms with van der Waals surface area (Å²) in [5, 5.41) is 16.4. The average molecular weight is 642 g/mol. The molecule has 250 valence electrons. The Hall–Kier alpha value is -2.82. The van der Waals surface area contributed by atoms with Crippen LogP contribution >= 0.6 is 11.3 Å². The summed E-state index contributed by atoms with van der Waals surface area (Å²) >= 11 is 1.59. The molecule has 1 aliphatic rings. The van der Waals surface area contributed by atoms with Gasteiger partial charge in [0, 0.05) is 25.9 Å². The van der Waals surface area contributed by atoms with Gasteiger partial charge in [0.15, 0.2) is 0 Å². The summed E-state index contributed by atoms with van der Waals surface area (Å²) in [6.45, 7) is 8.86. The molecule has 1 aromatic carbocycles. The summed E-state index contributed by atoms with van der Waals surface area (Å²) in [5.74, 6) is -0.791. The van der Waals surface area contributed by atoms with Gasteiger partial charge in [0.2, 0.25) is 17.7 Å². The van der Waals surface area contributed by atoms with Gasteiger partial charge in [-0.25, -0.2) is 4.98 Å². The largest absolute Gasteiger partial charge is 0.391 e. The second kappa shape index (κ2) is 18.4. The van der Waals surface area contributed by atoms with Crippen LogP contribution in [0.5, 0.6) is 0 Å². The number of benzene rings is 1. The molecule has 0 radical (unpaired) electrons. The zero-order valence-electron chi connectivity index (χ0n) is 27.8. The first-order valence-electron chi connectivity index (χ1n) is 16.8. The van der Waals surface area contributed by atoms with Crippen molar-refractivity contribution in [1.29, 1.82) is 0 Å². The minimum absolute atomic E-state index is 0.0648. The first kappa shape index (κ1) is 36.6. The normalized spacial score (nSPS) is 17.3. The van der Waals surface area contributed by atoms with Gasteiger partial charge < -0.3 is 26.4 Å². The Morgan fingerprint density at radius 2 is 1.60 bits per heavy atom. The lowest BCUT2D eigenvalue weighted by Crippen LogP contribution is -2.57. The Bertz CT molecular complexity index is 1210. The number of unbranched alkanes of at least 4 members (excludes halogenated alkanes) is 9. The lowest BCUT2D eigenvalue weighted by molar-refractivity contribution is -0.144. The van der Waals surface area contributed by atoms with Crippen LogP contribution in [0.3, 0.4) is 0 Å². The number of aliphatic hydroxyl groups is 1. The molecule has 9 nitrogen and oxygen atoms in total. The molecular weight excluding hydrogens is 586 g/mol. The minimum Gasteiger partial charge on any atom is -0.391 e. The Kier molecular flexibility index (Phi) is 14.9. The van der Waals surface area contributed by atoms with E-state index in [-0.39, 0.29) is 30.7 Å². The van der Waals surface area contributed by atoms with E-state index in [2.05, 4.69) is 15.6 Å². The summed E-state index contributed by atoms with van der Waals surface area (Å²) in [7, 11) is 0. The number of nitrogens with two attached hydrogens (primary N) is 1. The molecule has 1 fully saturated rings. The number of aromatic nitrogens is 1. The fraction of sp³-hybridized carbons (Fsp3) is 0.657. The van der Waals surface area contributed by atoms with E-state index in [1.165, 1.54) is 43.4 Å². The van der Waals surface area contributed by atoms with Crippen LogP contribution in [0.2, 0.25) is 0 Å². The Morgan fingerprint density at radius 1 is 1.00 bits per heavy atom. The van der Waals surface area contributed by atoms with Gasteiger partial charge in [-0.05, 0) is 42.9 Å². The summed E-state index contributed by atoms with van der Waals surface area (Å²) in [6.07, 6.45) is 11.1. The number of amides is 3. The third-order valence-electron chi connectivity index (χ3n) is 8.57. The summed E-state index contributed by atoms with van der Waals surface area (Å²) in [6, 6.07) is 6.38. The number of nitrogens with one attached hydrogen (secondary N) is 2. The zero-order chi connectivity index (χ0) is 32.8. The monoisotopic (exact) mass is 641 g/mol. The number of carbonyl (C=O) groups excluding carboxylic acids is 3. The van der Waals surface area contributed by atoms with Crippen LogP contribution < -0.4 is 16.4 Å². The molecule has 10 heteroatoms. The molecule has 5 N–H and O–H groups in total. The number of β-amino-alcohol motifs (C(OH)–C–C–N with tert-alkyl or cyclic N) is 1. The van der Waals surface area contributed by atoms with Crippen molar-refractivity contribution in [2.24, 2.45) is 11.1 Å². The Labute approximate surface area is 273 Å². The van der Waals surface area contributed by atoms with Crippen LogP contribution in [-0.4, -0.2) is 64.0 Å². The number of nitrogens with zero attached hydrogens (tertiary/aromatic N) is 2. The number of rotatable bonds is 18. The smallest absolute Gasteiger partial charge is 0.246 e. The standard InChI is InChI=1S/C35H55N5O4S/c1-25-31(45-24-38-25)27-18-16-26(17-19-27)22-37-33(43)29-21-28(41)23-40(29)34(44)32(35(2,3)4)39-30(42)15-13-11-9-7-5-6-8-10-12-14-20-36/h16-19,24,28-29,32,41H,5-15,20-23,36H2,1-4H3,(H,37,43)(H,39,42). The van der Waals surface area contributed by atoms with Crippen molar-refractivity contribution in [3.05, 3.63) is 41.0 Å². The molecule has 1 saturated heterocycles. The van der Waals surface area contributed by atoms with Gasteiger partial charge in [0.1, 0.15) is 12.1 Å². The van der Waals surface area contributed by atoms with Crippen LogP contribution in [0.15, 0.2) is 29.8 Å². The third-order valence-corrected chi connectivity index (χ3v) is 9.55. The highest BCUT2D eigenvalue weighted by Gasteiger charge is 2.44. The van der Waals surface area contributed by atoms with E-state index in [9.17, 15) is 19.5 Å². The highest BCUT2D eigenvalue weighted by molar-refractivity contribution is 7.13. The van der Waals surface area contributed by atoms with Gasteiger partial charge in [-0.3, -0.25) is 14.4 Å². The van der Waals surface area contributed by atoms with E-state index < -0.39 is 23.6 Å². The SMILES string of the molecule is Cc1ncsc1-c1ccc(CNC(=O)C2CC(O)CN2C(=O)C(NC(=O)CCCCCCCCCCCCN)C(C)(C)C)cc1. The molecule has 2 heterocycles. The number of thiazole rings is 1. The van der Waals surface area contributed by atoms with E-state index >= 15 is 0 Å². The van der Waals surface area contributed by atoms with E-state index in [1.54, 1.807) is 11.3 Å². The van der Waals surface area contributed by atoms with Crippen molar-refractivity contribution in [1.82, 2.24) is 20.5 Å². The summed E-state index contributed by atoms with van der Waals surface area (Å²) < 4.78 is 0. The predicted molar refractivity (Wildman–Crippen MR) is 181 cm³/mol. The second-order valence-electron chi connectivity index (χ2n) is 13.5. The van der Waals surface area contributed by atoms with Gasteiger partial charge in [-0.2, -0.15) is 0 Å². The van der Waals surface area contributed by atoms with Crippen molar-refractivity contribution in [2.45, 2.75) is 129 Å². The number of likely N-dealkylation sites (tertiary alicyclic amines) is 1. The molecule has 0 aliphatic carbocycles. The van der Waals surface area contributed by atoms with Crippen LogP contribution in [0.1, 0.15) is 109 Å². The Balaban J connectivity index is 1.47. The molecule has 45 heavy (non-hydrogen) atoms. The van der Waals surface area contributed by atoms with Crippen molar-refractivity contribution >= 4 is 29.1 Å². The zero-order valence-corrected chi connectivity index (χ0v) is 28.6. The first-order valence-corrected chi connectivity index (χ1v) is 17.6. The Morgan fingerprint density at radius 3 is 2.16 bits per heavy atom. The number of aryl methyl sites for hydroxylation is 1. The molecule has 2 aromatic rings. The van der Waals surface area contributed by atoms with Gasteiger partial charge >= 0.3 is 0 Å². The quantitative estimate of drug-likeness (QED) is 0.159. The average Bonchev–Trinajstić information content (AvgIpc) is 3.62. The van der Waals surface area contributed by atoms with E-state index in [4.69, 9.17) is 5.73 Å². The molecule has 3 rings (SSSR count). The van der Waals surface area contributed by atoms with E-state index in [0.29, 0.717) is 13.0 Å². The number of hydrogen-bond acceptors (Lipinski definition) is 7. The molecule has 3 amide bonds. The molecule has 0 spiro atoms. The molecule has 0 saturated carbocycles. The molecule has 3 atom stereocenters. The lowest BCUT2D eigenvalue weighted by atomic mass is 9.85. The molecule has 0 bridgehead atoms. The molecular formula is C35H55N5O4S. The van der Waals surface area contributed by atoms with Gasteiger partial charge in [0.05, 0.1) is 22.2 Å². The lowest BCUT2D eigenvalue weighted by Gasteiger charge is -2.35. The summed E-state index contributed by atoms with van der Waals surface area (Å²) in [5.41, 5.74) is 9.81. The fourth-order valence-electron chi connectivity index (χ4n) is 5.86. The first-order chi connectivity index (χ1) is 21.5. The number of aliphatic hydroxyl groups excluding tert-OH is 1. The maximum Gasteiger partial charge on any atom is 0.246 e. The molecule has 3 unspecified atom stereocenters. The van der Waals surface area contributed by atoms with Crippen molar-refractivity contribution in [2.75, 3.05) is 13.1 Å². The number of carbonyl (C=O) groups is 3. The van der Waals surface area contributed by atoms with E-state index in [0.717, 1.165) is 53.9 Å². The topological polar surface area (TPSA) is 138 Å². The van der Waals surface area contributed by atoms with Gasteiger partial charge in [-0.1, -0.05) is 96.4 Å². The third kappa shape index (κ3) is 11.8. The van der Waals surface area contributed by atoms with Gasteiger partial charge in [0.25, 0.3) is 0 Å². The van der Waals surface area contributed by atoms with Crippen molar-refractivity contribution in [3.63, 3.8) is 0 Å². The molecule has 1 aromatic heterocycles. The van der Waals surface area contributed by atoms with Gasteiger partial charge in [-0.15, -0.1) is 11.3 Å².